The number of esters is 1. The van der Waals surface area contributed by atoms with Crippen molar-refractivity contribution in [1.29, 1.82) is 0 Å². The Kier molecular flexibility index (Phi) is 6.41. The van der Waals surface area contributed by atoms with E-state index < -0.39 is 0 Å². The van der Waals surface area contributed by atoms with Gasteiger partial charge in [0.2, 0.25) is 0 Å². The van der Waals surface area contributed by atoms with E-state index in [0.717, 1.165) is 12.0 Å². The van der Waals surface area contributed by atoms with Gasteiger partial charge in [-0.1, -0.05) is 25.8 Å². The summed E-state index contributed by atoms with van der Waals surface area (Å²) in [6, 6.07) is 12.1. The molecule has 0 atom stereocenters. The molecule has 2 nitrogen and oxygen atoms in total. The summed E-state index contributed by atoms with van der Waals surface area (Å²) in [7, 11) is 0. The van der Waals surface area contributed by atoms with E-state index in [1.807, 2.05) is 35.6 Å². The van der Waals surface area contributed by atoms with E-state index in [-0.39, 0.29) is 5.97 Å². The van der Waals surface area contributed by atoms with Gasteiger partial charge in [0, 0.05) is 15.8 Å². The third-order valence-corrected chi connectivity index (χ3v) is 4.54. The van der Waals surface area contributed by atoms with E-state index in [2.05, 4.69) is 19.1 Å². The van der Waals surface area contributed by atoms with Crippen molar-refractivity contribution < 1.29 is 9.53 Å². The van der Waals surface area contributed by atoms with Crippen LogP contribution in [0.15, 0.2) is 48.6 Å². The molecule has 3 heteroatoms. The van der Waals surface area contributed by atoms with Crippen LogP contribution in [0.4, 0.5) is 0 Å². The van der Waals surface area contributed by atoms with Crippen molar-refractivity contribution in [3.05, 3.63) is 53.4 Å². The van der Waals surface area contributed by atoms with Crippen molar-refractivity contribution in [2.75, 3.05) is 0 Å². The molecule has 0 aliphatic rings. The lowest BCUT2D eigenvalue weighted by Gasteiger charge is -2.02. The van der Waals surface area contributed by atoms with Crippen LogP contribution in [-0.4, -0.2) is 5.97 Å². The van der Waals surface area contributed by atoms with Gasteiger partial charge in [0.05, 0.1) is 0 Å². The standard InChI is InChI=1S/C19H22O2S/c1-3-5-6-8-17-13-14-18(22-17)15-9-11-16(12-10-15)21-19(20)7-4-2/h4,7,9-14H,3,5-6,8H2,1-2H3/b7-4+. The number of carbonyl (C=O) groups is 1. The molecule has 0 aliphatic heterocycles. The van der Waals surface area contributed by atoms with E-state index in [1.165, 1.54) is 35.1 Å². The van der Waals surface area contributed by atoms with Gasteiger partial charge in [0.25, 0.3) is 0 Å². The molecule has 22 heavy (non-hydrogen) atoms. The number of hydrogen-bond acceptors (Lipinski definition) is 3. The highest BCUT2D eigenvalue weighted by atomic mass is 32.1. The van der Waals surface area contributed by atoms with Gasteiger partial charge in [0.1, 0.15) is 5.75 Å². The summed E-state index contributed by atoms with van der Waals surface area (Å²) in [5.41, 5.74) is 1.16. The van der Waals surface area contributed by atoms with Crippen LogP contribution in [-0.2, 0) is 11.2 Å². The van der Waals surface area contributed by atoms with Gasteiger partial charge in [-0.3, -0.25) is 0 Å². The minimum Gasteiger partial charge on any atom is -0.423 e. The normalized spacial score (nSPS) is 11.0. The van der Waals surface area contributed by atoms with Crippen molar-refractivity contribution in [1.82, 2.24) is 0 Å². The third kappa shape index (κ3) is 4.85. The lowest BCUT2D eigenvalue weighted by Crippen LogP contribution is -2.03. The number of carbonyl (C=O) groups excluding carboxylic acids is 1. The Morgan fingerprint density at radius 3 is 2.59 bits per heavy atom. The maximum atomic E-state index is 11.4. The zero-order valence-electron chi connectivity index (χ0n) is 13.2. The Morgan fingerprint density at radius 2 is 1.91 bits per heavy atom. The minimum atomic E-state index is -0.343. The molecule has 2 rings (SSSR count). The maximum absolute atomic E-state index is 11.4. The quantitative estimate of drug-likeness (QED) is 0.286. The van der Waals surface area contributed by atoms with Gasteiger partial charge in [-0.25, -0.2) is 4.79 Å². The molecule has 1 aromatic carbocycles. The van der Waals surface area contributed by atoms with Crippen LogP contribution >= 0.6 is 11.3 Å². The molecule has 2 aromatic rings. The van der Waals surface area contributed by atoms with Gasteiger partial charge >= 0.3 is 5.97 Å². The second-order valence-corrected chi connectivity index (χ2v) is 6.34. The molecule has 1 aromatic heterocycles. The van der Waals surface area contributed by atoms with Crippen LogP contribution in [0.3, 0.4) is 0 Å². The van der Waals surface area contributed by atoms with Crippen molar-refractivity contribution in [3.8, 4) is 16.2 Å². The third-order valence-electron chi connectivity index (χ3n) is 3.35. The molecule has 0 aliphatic carbocycles. The van der Waals surface area contributed by atoms with Gasteiger partial charge in [0.15, 0.2) is 0 Å². The smallest absolute Gasteiger partial charge is 0.335 e. The van der Waals surface area contributed by atoms with E-state index in [0.29, 0.717) is 5.75 Å². The topological polar surface area (TPSA) is 26.3 Å². The fourth-order valence-corrected chi connectivity index (χ4v) is 3.25. The summed E-state index contributed by atoms with van der Waals surface area (Å²) < 4.78 is 5.19. The van der Waals surface area contributed by atoms with Crippen LogP contribution < -0.4 is 4.74 Å². The van der Waals surface area contributed by atoms with Crippen LogP contribution in [0.1, 0.15) is 38.0 Å². The van der Waals surface area contributed by atoms with Crippen molar-refractivity contribution >= 4 is 17.3 Å². The zero-order valence-corrected chi connectivity index (χ0v) is 14.0. The fourth-order valence-electron chi connectivity index (χ4n) is 2.19. The van der Waals surface area contributed by atoms with E-state index in [4.69, 9.17) is 4.74 Å². The van der Waals surface area contributed by atoms with Crippen molar-refractivity contribution in [3.63, 3.8) is 0 Å². The van der Waals surface area contributed by atoms with E-state index >= 15 is 0 Å². The average molecular weight is 314 g/mol. The number of rotatable bonds is 7. The van der Waals surface area contributed by atoms with Gasteiger partial charge < -0.3 is 4.74 Å². The first-order valence-corrected chi connectivity index (χ1v) is 8.58. The average Bonchev–Trinajstić information content (AvgIpc) is 2.97. The van der Waals surface area contributed by atoms with Gasteiger partial charge in [-0.2, -0.15) is 0 Å². The predicted molar refractivity (Wildman–Crippen MR) is 93.4 cm³/mol. The first-order valence-electron chi connectivity index (χ1n) is 7.76. The first-order chi connectivity index (χ1) is 10.7. The molecule has 0 saturated carbocycles. The second-order valence-electron chi connectivity index (χ2n) is 5.17. The number of unbranched alkanes of at least 4 members (excludes halogenated alkanes) is 2. The van der Waals surface area contributed by atoms with E-state index in [9.17, 15) is 4.79 Å². The van der Waals surface area contributed by atoms with E-state index in [1.54, 1.807) is 13.0 Å². The molecule has 0 saturated heterocycles. The number of allylic oxidation sites excluding steroid dienone is 1. The zero-order chi connectivity index (χ0) is 15.8. The summed E-state index contributed by atoms with van der Waals surface area (Å²) in [6.45, 7) is 4.02. The SMILES string of the molecule is C/C=C/C(=O)Oc1ccc(-c2ccc(CCCCC)s2)cc1. The highest BCUT2D eigenvalue weighted by Crippen LogP contribution is 2.30. The summed E-state index contributed by atoms with van der Waals surface area (Å²) in [5.74, 6) is 0.233. The Hall–Kier alpha value is -1.87. The summed E-state index contributed by atoms with van der Waals surface area (Å²) in [6.07, 6.45) is 8.05. The largest absolute Gasteiger partial charge is 0.423 e. The minimum absolute atomic E-state index is 0.343. The first kappa shape index (κ1) is 16.5. The number of benzene rings is 1. The van der Waals surface area contributed by atoms with Crippen LogP contribution in [0.5, 0.6) is 5.75 Å². The Balaban J connectivity index is 1.99. The van der Waals surface area contributed by atoms with Gasteiger partial charge in [-0.15, -0.1) is 11.3 Å². The maximum Gasteiger partial charge on any atom is 0.335 e. The lowest BCUT2D eigenvalue weighted by molar-refractivity contribution is -0.129. The Labute approximate surface area is 136 Å². The number of thiophene rings is 1. The molecule has 1 heterocycles. The fraction of sp³-hybridized carbons (Fsp3) is 0.316. The summed E-state index contributed by atoms with van der Waals surface area (Å²) in [4.78, 5) is 14.1. The molecular formula is C19H22O2S. The molecule has 0 radical (unpaired) electrons. The lowest BCUT2D eigenvalue weighted by atomic mass is 10.1. The number of ether oxygens (including phenoxy) is 1. The molecule has 0 amide bonds. The highest BCUT2D eigenvalue weighted by molar-refractivity contribution is 7.15. The van der Waals surface area contributed by atoms with Crippen molar-refractivity contribution in [2.45, 2.75) is 39.5 Å². The summed E-state index contributed by atoms with van der Waals surface area (Å²) in [5, 5.41) is 0. The number of hydrogen-bond donors (Lipinski definition) is 0. The molecular weight excluding hydrogens is 292 g/mol. The number of aryl methyl sites for hydroxylation is 1. The molecule has 0 bridgehead atoms. The summed E-state index contributed by atoms with van der Waals surface area (Å²) >= 11 is 1.85. The highest BCUT2D eigenvalue weighted by Gasteiger charge is 2.05. The van der Waals surface area contributed by atoms with Gasteiger partial charge in [-0.05, 0) is 61.7 Å². The van der Waals surface area contributed by atoms with Crippen LogP contribution in [0, 0.1) is 0 Å². The molecule has 0 spiro atoms. The molecule has 0 N–H and O–H groups in total. The monoisotopic (exact) mass is 314 g/mol. The molecule has 116 valence electrons. The Bertz CT molecular complexity index is 623. The Morgan fingerprint density at radius 1 is 1.14 bits per heavy atom. The van der Waals surface area contributed by atoms with Crippen LogP contribution in [0.2, 0.25) is 0 Å². The predicted octanol–water partition coefficient (Wildman–Crippen LogP) is 5.63. The second kappa shape index (κ2) is 8.54. The van der Waals surface area contributed by atoms with Crippen molar-refractivity contribution in [2.24, 2.45) is 0 Å². The molecule has 0 unspecified atom stereocenters. The van der Waals surface area contributed by atoms with Crippen LogP contribution in [0.25, 0.3) is 10.4 Å². The molecule has 0 fully saturated rings.